The normalized spacial score (nSPS) is 24.4. The number of benzene rings is 2. The third-order valence-corrected chi connectivity index (χ3v) is 5.14. The Morgan fingerprint density at radius 3 is 2.18 bits per heavy atom. The van der Waals surface area contributed by atoms with Gasteiger partial charge in [-0.3, -0.25) is 4.79 Å². The number of hydrogen-bond donors (Lipinski definition) is 7. The summed E-state index contributed by atoms with van der Waals surface area (Å²) in [5, 5.41) is 68.6. The lowest BCUT2D eigenvalue weighted by molar-refractivity contribution is -0.271. The number of aliphatic carboxylic acids is 1. The molecular formula is C21H20O13. The second kappa shape index (κ2) is 9.17. The summed E-state index contributed by atoms with van der Waals surface area (Å²) in [5.41, 5.74) is -0.539. The van der Waals surface area contributed by atoms with E-state index in [0.29, 0.717) is 5.56 Å². The van der Waals surface area contributed by atoms with Gasteiger partial charge in [-0.1, -0.05) is 0 Å². The SMILES string of the molecule is O.O=C(O)[C@H]1O[C@@H](Oc2cc3oc(-c4ccc(O)cc4)cc(=O)c3c(O)c2O)[C@H](O)[C@@H](O)[C@@H]1O. The standard InChI is InChI=1S/C21H18O12.H2O/c22-8-3-1-7(2-4-8)10-5-9(23)13-11(31-10)6-12(14(24)15(13)25)32-21-18(28)16(26)17(27)19(33-21)20(29)30;/h1-6,16-19,21-22,24-28H,(H,29,30);1H2/t16-,17-,18+,19-,21+;/m0./s1. The molecular weight excluding hydrogens is 460 g/mol. The van der Waals surface area contributed by atoms with E-state index in [1.807, 2.05) is 0 Å². The number of aromatic hydroxyl groups is 3. The van der Waals surface area contributed by atoms with Gasteiger partial charge in [-0.15, -0.1) is 0 Å². The number of phenolic OH excluding ortho intramolecular Hbond substituents is 3. The molecule has 0 saturated carbocycles. The van der Waals surface area contributed by atoms with Crippen LogP contribution in [0.2, 0.25) is 0 Å². The molecule has 4 rings (SSSR count). The Morgan fingerprint density at radius 1 is 0.912 bits per heavy atom. The zero-order valence-corrected chi connectivity index (χ0v) is 17.0. The number of phenols is 3. The summed E-state index contributed by atoms with van der Waals surface area (Å²) < 4.78 is 15.9. The zero-order chi connectivity index (χ0) is 24.0. The van der Waals surface area contributed by atoms with Gasteiger partial charge >= 0.3 is 5.97 Å². The van der Waals surface area contributed by atoms with E-state index in [2.05, 4.69) is 0 Å². The lowest BCUT2D eigenvalue weighted by Crippen LogP contribution is -2.61. The summed E-state index contributed by atoms with van der Waals surface area (Å²) in [6.07, 6.45) is -9.67. The maximum Gasteiger partial charge on any atom is 0.335 e. The molecule has 1 fully saturated rings. The van der Waals surface area contributed by atoms with E-state index in [1.165, 1.54) is 24.3 Å². The molecule has 182 valence electrons. The van der Waals surface area contributed by atoms with E-state index >= 15 is 0 Å². The molecule has 5 atom stereocenters. The molecule has 0 radical (unpaired) electrons. The molecule has 3 aromatic rings. The van der Waals surface area contributed by atoms with E-state index < -0.39 is 59.4 Å². The first-order chi connectivity index (χ1) is 15.6. The van der Waals surface area contributed by atoms with Gasteiger partial charge in [-0.05, 0) is 24.3 Å². The van der Waals surface area contributed by atoms with Gasteiger partial charge in [0.05, 0.1) is 0 Å². The van der Waals surface area contributed by atoms with Crippen molar-refractivity contribution in [2.75, 3.05) is 0 Å². The van der Waals surface area contributed by atoms with Crippen LogP contribution in [-0.2, 0) is 9.53 Å². The van der Waals surface area contributed by atoms with Gasteiger partial charge in [0.15, 0.2) is 23.0 Å². The largest absolute Gasteiger partial charge is 0.508 e. The van der Waals surface area contributed by atoms with Gasteiger partial charge in [0.2, 0.25) is 12.0 Å². The van der Waals surface area contributed by atoms with Crippen molar-refractivity contribution in [3.8, 4) is 34.3 Å². The first-order valence-electron chi connectivity index (χ1n) is 9.49. The molecule has 0 bridgehead atoms. The summed E-state index contributed by atoms with van der Waals surface area (Å²) in [7, 11) is 0. The minimum Gasteiger partial charge on any atom is -0.508 e. The van der Waals surface area contributed by atoms with E-state index in [9.17, 15) is 40.2 Å². The summed E-state index contributed by atoms with van der Waals surface area (Å²) in [6.45, 7) is 0. The molecule has 13 nitrogen and oxygen atoms in total. The molecule has 1 aliphatic heterocycles. The smallest absolute Gasteiger partial charge is 0.335 e. The Balaban J connectivity index is 0.00000324. The van der Waals surface area contributed by atoms with Crippen LogP contribution in [0, 0.1) is 0 Å². The van der Waals surface area contributed by atoms with Crippen molar-refractivity contribution in [2.24, 2.45) is 0 Å². The average molecular weight is 480 g/mol. The molecule has 2 aromatic carbocycles. The summed E-state index contributed by atoms with van der Waals surface area (Å²) >= 11 is 0. The molecule has 34 heavy (non-hydrogen) atoms. The Kier molecular flexibility index (Phi) is 6.67. The third-order valence-electron chi connectivity index (χ3n) is 5.14. The molecule has 0 unspecified atom stereocenters. The number of carbonyl (C=O) groups is 1. The molecule has 1 aliphatic rings. The first kappa shape index (κ1) is 24.8. The third kappa shape index (κ3) is 4.21. The monoisotopic (exact) mass is 480 g/mol. The highest BCUT2D eigenvalue weighted by atomic mass is 16.7. The van der Waals surface area contributed by atoms with Crippen molar-refractivity contribution in [1.82, 2.24) is 0 Å². The average Bonchev–Trinajstić information content (AvgIpc) is 2.77. The number of rotatable bonds is 4. The van der Waals surface area contributed by atoms with Crippen LogP contribution in [0.5, 0.6) is 23.0 Å². The highest BCUT2D eigenvalue weighted by molar-refractivity contribution is 5.89. The van der Waals surface area contributed by atoms with Crippen LogP contribution in [-0.4, -0.2) is 77.9 Å². The molecule has 0 spiro atoms. The van der Waals surface area contributed by atoms with E-state index in [-0.39, 0.29) is 28.0 Å². The summed E-state index contributed by atoms with van der Waals surface area (Å²) in [4.78, 5) is 23.8. The van der Waals surface area contributed by atoms with Crippen molar-refractivity contribution in [3.63, 3.8) is 0 Å². The van der Waals surface area contributed by atoms with Crippen molar-refractivity contribution in [2.45, 2.75) is 30.7 Å². The van der Waals surface area contributed by atoms with Gasteiger partial charge in [0.1, 0.15) is 40.8 Å². The molecule has 1 saturated heterocycles. The van der Waals surface area contributed by atoms with Gasteiger partial charge in [-0.25, -0.2) is 4.79 Å². The quantitative estimate of drug-likeness (QED) is 0.223. The van der Waals surface area contributed by atoms with Crippen molar-refractivity contribution >= 4 is 16.9 Å². The fourth-order valence-corrected chi connectivity index (χ4v) is 3.40. The van der Waals surface area contributed by atoms with Gasteiger partial charge < -0.3 is 55.1 Å². The van der Waals surface area contributed by atoms with Crippen LogP contribution in [0.1, 0.15) is 0 Å². The van der Waals surface area contributed by atoms with Crippen LogP contribution >= 0.6 is 0 Å². The predicted molar refractivity (Wildman–Crippen MR) is 111 cm³/mol. The highest BCUT2D eigenvalue weighted by Gasteiger charge is 2.48. The van der Waals surface area contributed by atoms with Crippen LogP contribution in [0.3, 0.4) is 0 Å². The lowest BCUT2D eigenvalue weighted by Gasteiger charge is -2.38. The topological polar surface area (TPSA) is 239 Å². The predicted octanol–water partition coefficient (Wildman–Crippen LogP) is -0.977. The zero-order valence-electron chi connectivity index (χ0n) is 17.0. The number of aliphatic hydroxyl groups excluding tert-OH is 3. The van der Waals surface area contributed by atoms with Crippen molar-refractivity contribution in [3.05, 3.63) is 46.6 Å². The van der Waals surface area contributed by atoms with E-state index in [1.54, 1.807) is 0 Å². The number of carboxylic acid groups (broad SMARTS) is 1. The number of ether oxygens (including phenoxy) is 2. The highest BCUT2D eigenvalue weighted by Crippen LogP contribution is 2.42. The number of fused-ring (bicyclic) bond motifs is 1. The molecule has 0 aliphatic carbocycles. The second-order valence-electron chi connectivity index (χ2n) is 7.32. The molecule has 13 heteroatoms. The van der Waals surface area contributed by atoms with E-state index in [0.717, 1.165) is 12.1 Å². The van der Waals surface area contributed by atoms with E-state index in [4.69, 9.17) is 19.0 Å². The fourth-order valence-electron chi connectivity index (χ4n) is 3.40. The van der Waals surface area contributed by atoms with Crippen molar-refractivity contribution < 1.29 is 59.9 Å². The minimum atomic E-state index is -1.96. The number of hydrogen-bond acceptors (Lipinski definition) is 11. The van der Waals surface area contributed by atoms with Crippen LogP contribution in [0.25, 0.3) is 22.3 Å². The second-order valence-corrected chi connectivity index (χ2v) is 7.32. The van der Waals surface area contributed by atoms with Crippen LogP contribution in [0.4, 0.5) is 0 Å². The Labute approximate surface area is 189 Å². The Morgan fingerprint density at radius 2 is 1.56 bits per heavy atom. The van der Waals surface area contributed by atoms with Crippen LogP contribution < -0.4 is 10.2 Å². The Hall–Kier alpha value is -3.88. The van der Waals surface area contributed by atoms with Crippen LogP contribution in [0.15, 0.2) is 45.6 Å². The fraction of sp³-hybridized carbons (Fsp3) is 0.238. The van der Waals surface area contributed by atoms with Crippen molar-refractivity contribution in [1.29, 1.82) is 0 Å². The number of aliphatic hydroxyl groups is 3. The van der Waals surface area contributed by atoms with Gasteiger partial charge in [0.25, 0.3) is 0 Å². The molecule has 0 amide bonds. The molecule has 2 heterocycles. The minimum absolute atomic E-state index is 0. The maximum absolute atomic E-state index is 12.6. The molecule has 1 aromatic heterocycles. The first-order valence-corrected chi connectivity index (χ1v) is 9.49. The van der Waals surface area contributed by atoms with Gasteiger partial charge in [-0.2, -0.15) is 0 Å². The summed E-state index contributed by atoms with van der Waals surface area (Å²) in [5.74, 6) is -4.01. The Bertz CT molecular complexity index is 1270. The summed E-state index contributed by atoms with van der Waals surface area (Å²) in [6, 6.07) is 7.74. The van der Waals surface area contributed by atoms with Gasteiger partial charge in [0, 0.05) is 17.7 Å². The maximum atomic E-state index is 12.6. The number of carboxylic acids is 1. The lowest BCUT2D eigenvalue weighted by atomic mass is 9.99. The molecule has 9 N–H and O–H groups in total.